The molecule has 2 rings (SSSR count). The minimum atomic E-state index is -1.52. The second kappa shape index (κ2) is 14.0. The van der Waals surface area contributed by atoms with Crippen LogP contribution in [-0.4, -0.2) is 72.1 Å². The number of Topliss-reactive ketones (excluding diaryl/α,β-unsaturated/α-hetero) is 2. The van der Waals surface area contributed by atoms with Gasteiger partial charge >= 0.3 is 12.1 Å². The number of esters is 1. The van der Waals surface area contributed by atoms with Crippen LogP contribution >= 0.6 is 0 Å². The molecule has 0 aliphatic carbocycles. The van der Waals surface area contributed by atoms with Crippen molar-refractivity contribution in [2.75, 3.05) is 7.05 Å². The third kappa shape index (κ3) is 8.47. The minimum absolute atomic E-state index is 0.0235. The molecule has 10 heteroatoms. The molecule has 0 bridgehead atoms. The van der Waals surface area contributed by atoms with Gasteiger partial charge in [0.1, 0.15) is 17.8 Å². The third-order valence-corrected chi connectivity index (χ3v) is 8.52. The first kappa shape index (κ1) is 33.2. The van der Waals surface area contributed by atoms with Gasteiger partial charge < -0.3 is 29.4 Å². The topological polar surface area (TPSA) is 137 Å². The first-order valence-electron chi connectivity index (χ1n) is 14.3. The molecule has 0 aromatic carbocycles. The average Bonchev–Trinajstić information content (AvgIpc) is 2.86. The summed E-state index contributed by atoms with van der Waals surface area (Å²) >= 11 is 0. The second-order valence-electron chi connectivity index (χ2n) is 12.0. The maximum Gasteiger partial charge on any atom is 0.506 e. The largest absolute Gasteiger partial charge is 0.506 e. The van der Waals surface area contributed by atoms with Gasteiger partial charge in [-0.25, -0.2) is 4.79 Å². The fourth-order valence-corrected chi connectivity index (χ4v) is 6.34. The Morgan fingerprint density at radius 1 is 1.03 bits per heavy atom. The van der Waals surface area contributed by atoms with Crippen LogP contribution in [0.25, 0.3) is 0 Å². The number of cyclic esters (lactones) is 1. The van der Waals surface area contributed by atoms with Crippen molar-refractivity contribution < 1.29 is 43.2 Å². The molecule has 224 valence electrons. The number of rotatable bonds is 5. The van der Waals surface area contributed by atoms with Crippen molar-refractivity contribution in [3.63, 3.8) is 0 Å². The highest BCUT2D eigenvalue weighted by molar-refractivity contribution is 6.00. The molecular formula is C29H49NO9. The standard InChI is InChI=1S/C29H49NO9/c1-10-22-29(8,39-28(34)35)14-17(4)24(31)15(2)11-16(3)26(19(6)25(32)20(7)27(33)37-22)38-23-13-21(30-9)12-18(5)36-23/h15-23,26,30H,10-14H2,1-9H3,(H,34,35)/t15-,16?,17-,18-,19+,20-,21?,22+,23?,26+,29+/m1/s1. The predicted octanol–water partition coefficient (Wildman–Crippen LogP) is 4.37. The Morgan fingerprint density at radius 2 is 1.67 bits per heavy atom. The Morgan fingerprint density at radius 3 is 2.23 bits per heavy atom. The molecule has 2 N–H and O–H groups in total. The van der Waals surface area contributed by atoms with Gasteiger partial charge in [-0.1, -0.05) is 34.6 Å². The SMILES string of the molecule is CC[C@@H]1OC(=O)[C@H](C)C(=O)[C@H](C)[C@@H](OC2CC(NC)C[C@@H](C)O2)C(C)C[C@@H](C)C(=O)[C@H](C)C[C@]1(C)OC(=O)O. The van der Waals surface area contributed by atoms with E-state index in [4.69, 9.17) is 18.9 Å². The average molecular weight is 556 g/mol. The molecule has 2 fully saturated rings. The van der Waals surface area contributed by atoms with Crippen molar-refractivity contribution in [3.8, 4) is 0 Å². The molecule has 2 aliphatic heterocycles. The van der Waals surface area contributed by atoms with Crippen LogP contribution in [0.2, 0.25) is 0 Å². The highest BCUT2D eigenvalue weighted by Gasteiger charge is 2.46. The number of hydrogen-bond donors (Lipinski definition) is 2. The molecule has 0 spiro atoms. The van der Waals surface area contributed by atoms with Gasteiger partial charge in [-0.2, -0.15) is 0 Å². The fourth-order valence-electron chi connectivity index (χ4n) is 6.34. The van der Waals surface area contributed by atoms with Crippen LogP contribution in [0.4, 0.5) is 4.79 Å². The number of carboxylic acid groups (broad SMARTS) is 1. The zero-order valence-corrected chi connectivity index (χ0v) is 25.0. The van der Waals surface area contributed by atoms with Gasteiger partial charge in [0, 0.05) is 36.6 Å². The van der Waals surface area contributed by atoms with Gasteiger partial charge in [-0.05, 0) is 53.0 Å². The van der Waals surface area contributed by atoms with Gasteiger partial charge in [0.25, 0.3) is 0 Å². The molecule has 0 radical (unpaired) electrons. The predicted molar refractivity (Wildman–Crippen MR) is 144 cm³/mol. The van der Waals surface area contributed by atoms with Crippen molar-refractivity contribution >= 4 is 23.7 Å². The van der Waals surface area contributed by atoms with Crippen molar-refractivity contribution in [2.45, 2.75) is 124 Å². The normalized spacial score (nSPS) is 41.4. The molecule has 0 aromatic rings. The van der Waals surface area contributed by atoms with Crippen molar-refractivity contribution in [3.05, 3.63) is 0 Å². The highest BCUT2D eigenvalue weighted by atomic mass is 16.7. The summed E-state index contributed by atoms with van der Waals surface area (Å²) in [5, 5.41) is 12.7. The van der Waals surface area contributed by atoms with Crippen LogP contribution in [0.3, 0.4) is 0 Å². The molecule has 10 nitrogen and oxygen atoms in total. The monoisotopic (exact) mass is 555 g/mol. The van der Waals surface area contributed by atoms with Gasteiger partial charge in [0.2, 0.25) is 0 Å². The van der Waals surface area contributed by atoms with E-state index in [-0.39, 0.29) is 48.4 Å². The zero-order chi connectivity index (χ0) is 29.7. The molecule has 0 aromatic heterocycles. The molecule has 2 heterocycles. The summed E-state index contributed by atoms with van der Waals surface area (Å²) in [4.78, 5) is 51.8. The van der Waals surface area contributed by atoms with E-state index in [9.17, 15) is 24.3 Å². The Hall–Kier alpha value is -2.04. The Kier molecular flexibility index (Phi) is 11.9. The molecule has 0 saturated carbocycles. The van der Waals surface area contributed by atoms with E-state index < -0.39 is 54.0 Å². The van der Waals surface area contributed by atoms with Crippen molar-refractivity contribution in [1.29, 1.82) is 0 Å². The van der Waals surface area contributed by atoms with Crippen LogP contribution in [0.15, 0.2) is 0 Å². The summed E-state index contributed by atoms with van der Waals surface area (Å²) in [5.41, 5.74) is -1.46. The lowest BCUT2D eigenvalue weighted by molar-refractivity contribution is -0.231. The van der Waals surface area contributed by atoms with E-state index in [1.807, 2.05) is 27.8 Å². The lowest BCUT2D eigenvalue weighted by Gasteiger charge is -2.40. The van der Waals surface area contributed by atoms with E-state index in [0.717, 1.165) is 6.42 Å². The molecule has 2 saturated heterocycles. The smallest absolute Gasteiger partial charge is 0.458 e. The molecule has 0 amide bonds. The molecule has 2 aliphatic rings. The second-order valence-corrected chi connectivity index (χ2v) is 12.0. The third-order valence-electron chi connectivity index (χ3n) is 8.52. The maximum absolute atomic E-state index is 13.6. The van der Waals surface area contributed by atoms with Gasteiger partial charge in [-0.15, -0.1) is 0 Å². The summed E-state index contributed by atoms with van der Waals surface area (Å²) in [6.45, 7) is 14.0. The lowest BCUT2D eigenvalue weighted by atomic mass is 9.77. The summed E-state index contributed by atoms with van der Waals surface area (Å²) in [6.07, 6.45) is -1.42. The summed E-state index contributed by atoms with van der Waals surface area (Å²) in [7, 11) is 1.90. The highest BCUT2D eigenvalue weighted by Crippen LogP contribution is 2.35. The van der Waals surface area contributed by atoms with E-state index in [1.54, 1.807) is 20.8 Å². The van der Waals surface area contributed by atoms with Gasteiger partial charge in [0.05, 0.1) is 12.2 Å². The zero-order valence-electron chi connectivity index (χ0n) is 25.0. The summed E-state index contributed by atoms with van der Waals surface area (Å²) < 4.78 is 23.5. The van der Waals surface area contributed by atoms with Crippen LogP contribution in [0.1, 0.15) is 87.5 Å². The number of hydrogen-bond acceptors (Lipinski definition) is 9. The molecule has 39 heavy (non-hydrogen) atoms. The number of ether oxygens (including phenoxy) is 4. The number of ketones is 2. The van der Waals surface area contributed by atoms with Crippen LogP contribution in [-0.2, 0) is 33.3 Å². The Labute approximate surface area is 232 Å². The molecular weight excluding hydrogens is 506 g/mol. The Balaban J connectivity index is 2.44. The number of nitrogens with one attached hydrogen (secondary N) is 1. The number of carbonyl (C=O) groups excluding carboxylic acids is 3. The number of carbonyl (C=O) groups is 4. The Bertz CT molecular complexity index is 879. The van der Waals surface area contributed by atoms with E-state index in [0.29, 0.717) is 12.8 Å². The van der Waals surface area contributed by atoms with Crippen molar-refractivity contribution in [2.24, 2.45) is 29.6 Å². The van der Waals surface area contributed by atoms with E-state index in [1.165, 1.54) is 13.8 Å². The fraction of sp³-hybridized carbons (Fsp3) is 0.862. The van der Waals surface area contributed by atoms with Gasteiger partial charge in [-0.3, -0.25) is 14.4 Å². The first-order valence-corrected chi connectivity index (χ1v) is 14.3. The van der Waals surface area contributed by atoms with Crippen LogP contribution in [0, 0.1) is 29.6 Å². The van der Waals surface area contributed by atoms with Gasteiger partial charge in [0.15, 0.2) is 17.7 Å². The molecule has 11 atom stereocenters. The minimum Gasteiger partial charge on any atom is -0.458 e. The van der Waals surface area contributed by atoms with Crippen molar-refractivity contribution in [1.82, 2.24) is 5.32 Å². The maximum atomic E-state index is 13.6. The lowest BCUT2D eigenvalue weighted by Crippen LogP contribution is -2.50. The summed E-state index contributed by atoms with van der Waals surface area (Å²) in [6, 6.07) is 0.210. The van der Waals surface area contributed by atoms with Crippen LogP contribution in [0.5, 0.6) is 0 Å². The van der Waals surface area contributed by atoms with E-state index >= 15 is 0 Å². The van der Waals surface area contributed by atoms with E-state index in [2.05, 4.69) is 5.32 Å². The quantitative estimate of drug-likeness (QED) is 0.371. The summed E-state index contributed by atoms with van der Waals surface area (Å²) in [5.74, 6) is -4.07. The van der Waals surface area contributed by atoms with Crippen LogP contribution < -0.4 is 5.32 Å². The molecule has 3 unspecified atom stereocenters. The first-order chi connectivity index (χ1) is 18.1.